The van der Waals surface area contributed by atoms with Gasteiger partial charge in [-0.1, -0.05) is 18.2 Å². The molecule has 0 bridgehead atoms. The fraction of sp³-hybridized carbons (Fsp3) is 0.500. The van der Waals surface area contributed by atoms with Crippen molar-refractivity contribution in [1.29, 1.82) is 0 Å². The first-order valence-corrected chi connectivity index (χ1v) is 5.98. The van der Waals surface area contributed by atoms with Gasteiger partial charge in [0.2, 0.25) is 5.91 Å². The number of amides is 1. The van der Waals surface area contributed by atoms with Gasteiger partial charge in [0.1, 0.15) is 0 Å². The molecule has 1 amide bonds. The Morgan fingerprint density at radius 1 is 1.12 bits per heavy atom. The first-order chi connectivity index (χ1) is 7.82. The molecule has 1 N–H and O–H groups in total. The molecule has 0 aliphatic carbocycles. The van der Waals surface area contributed by atoms with Crippen molar-refractivity contribution in [2.45, 2.75) is 38.8 Å². The molecule has 0 unspecified atom stereocenters. The van der Waals surface area contributed by atoms with Gasteiger partial charge in [-0.15, -0.1) is 0 Å². The Bertz CT molecular complexity index is 423. The van der Waals surface area contributed by atoms with Crippen LogP contribution in [-0.2, 0) is 4.79 Å². The number of carbonyl (C=O) groups is 1. The molecule has 1 heterocycles. The number of para-hydroxylation sites is 1. The third-order valence-electron chi connectivity index (χ3n) is 3.05. The molecule has 0 spiro atoms. The number of anilines is 1. The molecule has 0 radical (unpaired) electrons. The second-order valence-electron chi connectivity index (χ2n) is 5.86. The summed E-state index contributed by atoms with van der Waals surface area (Å²) in [7, 11) is 0. The quantitative estimate of drug-likeness (QED) is 0.805. The second-order valence-corrected chi connectivity index (χ2v) is 5.86. The summed E-state index contributed by atoms with van der Waals surface area (Å²) in [6, 6.07) is 9.85. The summed E-state index contributed by atoms with van der Waals surface area (Å²) < 4.78 is 0. The SMILES string of the molecule is CC1(C)CN(c2ccccc2)C(=O)C(C)(C)N1. The number of rotatable bonds is 1. The highest BCUT2D eigenvalue weighted by Gasteiger charge is 2.43. The van der Waals surface area contributed by atoms with E-state index in [1.54, 1.807) is 0 Å². The van der Waals surface area contributed by atoms with Crippen LogP contribution in [0, 0.1) is 0 Å². The van der Waals surface area contributed by atoms with Gasteiger partial charge in [-0.2, -0.15) is 0 Å². The molecular weight excluding hydrogens is 212 g/mol. The normalized spacial score (nSPS) is 22.6. The van der Waals surface area contributed by atoms with E-state index in [-0.39, 0.29) is 11.4 Å². The van der Waals surface area contributed by atoms with Gasteiger partial charge in [-0.25, -0.2) is 0 Å². The van der Waals surface area contributed by atoms with E-state index in [2.05, 4.69) is 19.2 Å². The monoisotopic (exact) mass is 232 g/mol. The molecule has 1 aromatic rings. The van der Waals surface area contributed by atoms with E-state index in [1.807, 2.05) is 49.1 Å². The highest BCUT2D eigenvalue weighted by Crippen LogP contribution is 2.26. The van der Waals surface area contributed by atoms with Crippen LogP contribution in [0.4, 0.5) is 5.69 Å². The van der Waals surface area contributed by atoms with Crippen molar-refractivity contribution in [1.82, 2.24) is 5.32 Å². The summed E-state index contributed by atoms with van der Waals surface area (Å²) in [5.74, 6) is 0.128. The second kappa shape index (κ2) is 3.84. The number of nitrogens with one attached hydrogen (secondary N) is 1. The maximum absolute atomic E-state index is 12.4. The molecule has 0 aromatic heterocycles. The lowest BCUT2D eigenvalue weighted by Gasteiger charge is -2.47. The number of nitrogens with zero attached hydrogens (tertiary/aromatic N) is 1. The first-order valence-electron chi connectivity index (χ1n) is 5.98. The minimum atomic E-state index is -0.516. The minimum absolute atomic E-state index is 0.0761. The Morgan fingerprint density at radius 3 is 2.29 bits per heavy atom. The van der Waals surface area contributed by atoms with Crippen LogP contribution in [-0.4, -0.2) is 23.5 Å². The smallest absolute Gasteiger partial charge is 0.246 e. The summed E-state index contributed by atoms with van der Waals surface area (Å²) in [4.78, 5) is 14.3. The summed E-state index contributed by atoms with van der Waals surface area (Å²) in [5.41, 5.74) is 0.380. The van der Waals surface area contributed by atoms with Gasteiger partial charge in [0.05, 0.1) is 5.54 Å². The average molecular weight is 232 g/mol. The summed E-state index contributed by atoms with van der Waals surface area (Å²) in [5, 5.41) is 3.39. The Labute approximate surface area is 103 Å². The van der Waals surface area contributed by atoms with Crippen LogP contribution in [0.15, 0.2) is 30.3 Å². The molecule has 1 aromatic carbocycles. The third kappa shape index (κ3) is 2.34. The Kier molecular flexibility index (Phi) is 2.74. The Hall–Kier alpha value is -1.35. The van der Waals surface area contributed by atoms with Crippen molar-refractivity contribution in [3.05, 3.63) is 30.3 Å². The Balaban J connectivity index is 2.37. The van der Waals surface area contributed by atoms with Crippen molar-refractivity contribution >= 4 is 11.6 Å². The van der Waals surface area contributed by atoms with E-state index in [0.29, 0.717) is 6.54 Å². The van der Waals surface area contributed by atoms with Gasteiger partial charge < -0.3 is 4.90 Å². The van der Waals surface area contributed by atoms with Gasteiger partial charge >= 0.3 is 0 Å². The molecule has 1 aliphatic rings. The number of hydrogen-bond donors (Lipinski definition) is 1. The lowest BCUT2D eigenvalue weighted by Crippen LogP contribution is -2.70. The topological polar surface area (TPSA) is 32.3 Å². The minimum Gasteiger partial charge on any atom is -0.309 e. The zero-order valence-corrected chi connectivity index (χ0v) is 10.9. The predicted octanol–water partition coefficient (Wildman–Crippen LogP) is 2.18. The fourth-order valence-corrected chi connectivity index (χ4v) is 2.56. The Morgan fingerprint density at radius 2 is 1.71 bits per heavy atom. The van der Waals surface area contributed by atoms with E-state index in [1.165, 1.54) is 0 Å². The molecule has 0 atom stereocenters. The predicted molar refractivity (Wildman–Crippen MR) is 70.1 cm³/mol. The molecule has 92 valence electrons. The highest BCUT2D eigenvalue weighted by atomic mass is 16.2. The average Bonchev–Trinajstić information content (AvgIpc) is 2.23. The van der Waals surface area contributed by atoms with Crippen molar-refractivity contribution in [3.8, 4) is 0 Å². The maximum Gasteiger partial charge on any atom is 0.246 e. The van der Waals surface area contributed by atoms with Crippen LogP contribution in [0.1, 0.15) is 27.7 Å². The molecule has 1 fully saturated rings. The van der Waals surface area contributed by atoms with Crippen molar-refractivity contribution < 1.29 is 4.79 Å². The molecule has 17 heavy (non-hydrogen) atoms. The van der Waals surface area contributed by atoms with E-state index >= 15 is 0 Å². The van der Waals surface area contributed by atoms with Crippen LogP contribution >= 0.6 is 0 Å². The first kappa shape index (κ1) is 12.1. The van der Waals surface area contributed by atoms with Crippen LogP contribution < -0.4 is 10.2 Å². The van der Waals surface area contributed by atoms with Crippen molar-refractivity contribution in [2.24, 2.45) is 0 Å². The summed E-state index contributed by atoms with van der Waals surface area (Å²) in [6.45, 7) is 8.81. The molecule has 3 heteroatoms. The van der Waals surface area contributed by atoms with Crippen LogP contribution in [0.3, 0.4) is 0 Å². The lowest BCUT2D eigenvalue weighted by molar-refractivity contribution is -0.126. The zero-order valence-electron chi connectivity index (χ0n) is 10.9. The molecule has 1 saturated heterocycles. The van der Waals surface area contributed by atoms with E-state index in [9.17, 15) is 4.79 Å². The fourth-order valence-electron chi connectivity index (χ4n) is 2.56. The lowest BCUT2D eigenvalue weighted by atomic mass is 9.90. The van der Waals surface area contributed by atoms with E-state index < -0.39 is 5.54 Å². The van der Waals surface area contributed by atoms with Crippen molar-refractivity contribution in [3.63, 3.8) is 0 Å². The van der Waals surface area contributed by atoms with Crippen LogP contribution in [0.25, 0.3) is 0 Å². The maximum atomic E-state index is 12.4. The number of carbonyl (C=O) groups excluding carboxylic acids is 1. The largest absolute Gasteiger partial charge is 0.309 e. The number of piperazine rings is 1. The van der Waals surface area contributed by atoms with Crippen LogP contribution in [0.2, 0.25) is 0 Å². The molecule has 2 rings (SSSR count). The zero-order chi connectivity index (χ0) is 12.7. The summed E-state index contributed by atoms with van der Waals surface area (Å²) >= 11 is 0. The molecule has 0 saturated carbocycles. The molecular formula is C14H20N2O. The van der Waals surface area contributed by atoms with Gasteiger partial charge in [-0.05, 0) is 39.8 Å². The van der Waals surface area contributed by atoms with Gasteiger partial charge in [-0.3, -0.25) is 10.1 Å². The van der Waals surface area contributed by atoms with Gasteiger partial charge in [0.25, 0.3) is 0 Å². The van der Waals surface area contributed by atoms with E-state index in [4.69, 9.17) is 0 Å². The highest BCUT2D eigenvalue weighted by molar-refractivity contribution is 6.00. The third-order valence-corrected chi connectivity index (χ3v) is 3.05. The summed E-state index contributed by atoms with van der Waals surface area (Å²) in [6.07, 6.45) is 0. The van der Waals surface area contributed by atoms with Gasteiger partial charge in [0, 0.05) is 17.8 Å². The van der Waals surface area contributed by atoms with E-state index in [0.717, 1.165) is 5.69 Å². The van der Waals surface area contributed by atoms with Crippen molar-refractivity contribution in [2.75, 3.05) is 11.4 Å². The van der Waals surface area contributed by atoms with Gasteiger partial charge in [0.15, 0.2) is 0 Å². The number of hydrogen-bond acceptors (Lipinski definition) is 2. The standard InChI is InChI=1S/C14H20N2O/c1-13(2)10-16(11-8-6-5-7-9-11)12(17)14(3,4)15-13/h5-9,15H,10H2,1-4H3. The molecule has 3 nitrogen and oxygen atoms in total. The van der Waals surface area contributed by atoms with Crippen LogP contribution in [0.5, 0.6) is 0 Å². The molecule has 1 aliphatic heterocycles. The number of benzene rings is 1.